The zero-order chi connectivity index (χ0) is 22.6. The standard InChI is InChI=1S/C22H24Cl3FN2O3/c1-21(27-7-8-30-19-6-3-14(23)9-18(19)26)12-22(2,13-21)28-20(29)11-31-15-4-5-16(24)17(25)10-15/h3-6,9-10,27H,7-8,11-13H2,1-2H3,(H,28,29). The van der Waals surface area contributed by atoms with Crippen molar-refractivity contribution in [2.24, 2.45) is 0 Å². The monoisotopic (exact) mass is 488 g/mol. The van der Waals surface area contributed by atoms with E-state index in [0.29, 0.717) is 34.0 Å². The lowest BCUT2D eigenvalue weighted by molar-refractivity contribution is -0.127. The van der Waals surface area contributed by atoms with E-state index in [2.05, 4.69) is 17.6 Å². The number of hydrogen-bond donors (Lipinski definition) is 2. The van der Waals surface area contributed by atoms with Gasteiger partial charge in [-0.15, -0.1) is 0 Å². The fourth-order valence-corrected chi connectivity index (χ4v) is 4.53. The van der Waals surface area contributed by atoms with Gasteiger partial charge in [-0.1, -0.05) is 34.8 Å². The molecular formula is C22H24Cl3FN2O3. The molecule has 168 valence electrons. The summed E-state index contributed by atoms with van der Waals surface area (Å²) in [5, 5.41) is 7.55. The molecule has 0 saturated heterocycles. The van der Waals surface area contributed by atoms with Gasteiger partial charge in [-0.2, -0.15) is 0 Å². The van der Waals surface area contributed by atoms with Crippen LogP contribution in [-0.2, 0) is 4.79 Å². The van der Waals surface area contributed by atoms with Gasteiger partial charge in [0, 0.05) is 28.7 Å². The van der Waals surface area contributed by atoms with E-state index in [1.54, 1.807) is 24.3 Å². The normalized spacial score (nSPS) is 22.5. The number of carbonyl (C=O) groups is 1. The topological polar surface area (TPSA) is 59.6 Å². The summed E-state index contributed by atoms with van der Waals surface area (Å²) in [5.74, 6) is -0.0473. The van der Waals surface area contributed by atoms with Crippen LogP contribution in [0.5, 0.6) is 11.5 Å². The van der Waals surface area contributed by atoms with E-state index in [0.717, 1.165) is 12.8 Å². The molecule has 1 aliphatic carbocycles. The molecule has 2 aromatic rings. The van der Waals surface area contributed by atoms with Gasteiger partial charge in [0.15, 0.2) is 18.2 Å². The van der Waals surface area contributed by atoms with Gasteiger partial charge in [0.05, 0.1) is 10.0 Å². The van der Waals surface area contributed by atoms with E-state index in [9.17, 15) is 9.18 Å². The van der Waals surface area contributed by atoms with Gasteiger partial charge < -0.3 is 20.1 Å². The molecule has 0 aromatic heterocycles. The van der Waals surface area contributed by atoms with E-state index >= 15 is 0 Å². The molecule has 0 radical (unpaired) electrons. The van der Waals surface area contributed by atoms with Crippen molar-refractivity contribution in [3.05, 3.63) is 57.3 Å². The van der Waals surface area contributed by atoms with Crippen LogP contribution in [0.3, 0.4) is 0 Å². The van der Waals surface area contributed by atoms with Gasteiger partial charge in [-0.3, -0.25) is 4.79 Å². The number of hydrogen-bond acceptors (Lipinski definition) is 4. The molecule has 0 unspecified atom stereocenters. The lowest BCUT2D eigenvalue weighted by atomic mass is 9.64. The Morgan fingerprint density at radius 3 is 2.45 bits per heavy atom. The molecule has 1 fully saturated rings. The van der Waals surface area contributed by atoms with Crippen LogP contribution >= 0.6 is 34.8 Å². The van der Waals surface area contributed by atoms with Crippen LogP contribution in [-0.4, -0.2) is 36.7 Å². The summed E-state index contributed by atoms with van der Waals surface area (Å²) in [5.41, 5.74) is -0.475. The number of rotatable bonds is 9. The van der Waals surface area contributed by atoms with E-state index in [1.807, 2.05) is 6.92 Å². The highest BCUT2D eigenvalue weighted by Crippen LogP contribution is 2.40. The van der Waals surface area contributed by atoms with Crippen LogP contribution < -0.4 is 20.1 Å². The van der Waals surface area contributed by atoms with Gasteiger partial charge in [-0.05, 0) is 57.0 Å². The van der Waals surface area contributed by atoms with Gasteiger partial charge in [0.25, 0.3) is 5.91 Å². The van der Waals surface area contributed by atoms with Crippen molar-refractivity contribution in [2.75, 3.05) is 19.8 Å². The number of halogens is 4. The number of carbonyl (C=O) groups excluding carboxylic acids is 1. The lowest BCUT2D eigenvalue weighted by Gasteiger charge is -2.53. The van der Waals surface area contributed by atoms with Crippen LogP contribution in [0.2, 0.25) is 15.1 Å². The van der Waals surface area contributed by atoms with E-state index < -0.39 is 5.82 Å². The number of amides is 1. The second-order valence-corrected chi connectivity index (χ2v) is 9.49. The second-order valence-electron chi connectivity index (χ2n) is 8.24. The quantitative estimate of drug-likeness (QED) is 0.472. The van der Waals surface area contributed by atoms with Crippen molar-refractivity contribution in [1.29, 1.82) is 0 Å². The molecule has 5 nitrogen and oxygen atoms in total. The molecule has 2 N–H and O–H groups in total. The molecule has 1 aliphatic rings. The summed E-state index contributed by atoms with van der Waals surface area (Å²) in [6.45, 7) is 4.82. The summed E-state index contributed by atoms with van der Waals surface area (Å²) in [7, 11) is 0. The first-order chi connectivity index (χ1) is 14.6. The van der Waals surface area contributed by atoms with Crippen molar-refractivity contribution >= 4 is 40.7 Å². The summed E-state index contributed by atoms with van der Waals surface area (Å²) in [6, 6.07) is 9.16. The van der Waals surface area contributed by atoms with E-state index in [-0.39, 0.29) is 29.3 Å². The first kappa shape index (κ1) is 23.9. The summed E-state index contributed by atoms with van der Waals surface area (Å²) in [6.07, 6.45) is 1.49. The van der Waals surface area contributed by atoms with Gasteiger partial charge >= 0.3 is 0 Å². The summed E-state index contributed by atoms with van der Waals surface area (Å²) < 4.78 is 24.7. The van der Waals surface area contributed by atoms with Gasteiger partial charge in [0.2, 0.25) is 0 Å². The van der Waals surface area contributed by atoms with Crippen molar-refractivity contribution in [3.8, 4) is 11.5 Å². The number of benzene rings is 2. The Labute approximate surface area is 196 Å². The molecule has 0 spiro atoms. The second kappa shape index (κ2) is 9.82. The maximum absolute atomic E-state index is 13.7. The lowest BCUT2D eigenvalue weighted by Crippen LogP contribution is -2.68. The molecule has 3 rings (SSSR count). The Morgan fingerprint density at radius 1 is 1.03 bits per heavy atom. The Kier molecular flexibility index (Phi) is 7.58. The molecule has 0 bridgehead atoms. The molecule has 0 heterocycles. The summed E-state index contributed by atoms with van der Waals surface area (Å²) >= 11 is 17.6. The van der Waals surface area contributed by atoms with E-state index in [4.69, 9.17) is 44.3 Å². The Morgan fingerprint density at radius 2 is 1.77 bits per heavy atom. The minimum Gasteiger partial charge on any atom is -0.489 e. The Bertz CT molecular complexity index is 952. The molecule has 2 aromatic carbocycles. The van der Waals surface area contributed by atoms with Crippen molar-refractivity contribution in [3.63, 3.8) is 0 Å². The minimum atomic E-state index is -0.485. The maximum atomic E-state index is 13.7. The van der Waals surface area contributed by atoms with Crippen molar-refractivity contribution < 1.29 is 18.7 Å². The summed E-state index contributed by atoms with van der Waals surface area (Å²) in [4.78, 5) is 12.3. The van der Waals surface area contributed by atoms with Crippen LogP contribution in [0.25, 0.3) is 0 Å². The first-order valence-electron chi connectivity index (χ1n) is 9.79. The predicted octanol–water partition coefficient (Wildman–Crippen LogP) is 5.26. The highest BCUT2D eigenvalue weighted by atomic mass is 35.5. The van der Waals surface area contributed by atoms with Crippen LogP contribution in [0.15, 0.2) is 36.4 Å². The fraction of sp³-hybridized carbons (Fsp3) is 0.409. The molecular weight excluding hydrogens is 466 g/mol. The third-order valence-electron chi connectivity index (χ3n) is 5.07. The van der Waals surface area contributed by atoms with Gasteiger partial charge in [0.1, 0.15) is 12.4 Å². The zero-order valence-electron chi connectivity index (χ0n) is 17.2. The third kappa shape index (κ3) is 6.62. The Hall–Kier alpha value is -1.73. The predicted molar refractivity (Wildman–Crippen MR) is 121 cm³/mol. The maximum Gasteiger partial charge on any atom is 0.258 e. The highest BCUT2D eigenvalue weighted by molar-refractivity contribution is 6.42. The average molecular weight is 490 g/mol. The molecule has 9 heteroatoms. The highest BCUT2D eigenvalue weighted by Gasteiger charge is 2.49. The number of ether oxygens (including phenoxy) is 2. The van der Waals surface area contributed by atoms with Crippen LogP contribution in [0.1, 0.15) is 26.7 Å². The Balaban J connectivity index is 1.37. The molecule has 1 amide bonds. The van der Waals surface area contributed by atoms with Crippen LogP contribution in [0.4, 0.5) is 4.39 Å². The molecule has 1 saturated carbocycles. The molecule has 31 heavy (non-hydrogen) atoms. The average Bonchev–Trinajstić information content (AvgIpc) is 2.66. The van der Waals surface area contributed by atoms with Crippen molar-refractivity contribution in [2.45, 2.75) is 37.8 Å². The smallest absolute Gasteiger partial charge is 0.258 e. The zero-order valence-corrected chi connectivity index (χ0v) is 19.5. The number of nitrogens with one attached hydrogen (secondary N) is 2. The fourth-order valence-electron chi connectivity index (χ4n) is 4.08. The first-order valence-corrected chi connectivity index (χ1v) is 10.9. The molecule has 0 atom stereocenters. The largest absolute Gasteiger partial charge is 0.489 e. The SMILES string of the molecule is CC1(NCCOc2ccc(Cl)cc2F)CC(C)(NC(=O)COc2ccc(Cl)c(Cl)c2)C1. The molecule has 0 aliphatic heterocycles. The minimum absolute atomic E-state index is 0.113. The van der Waals surface area contributed by atoms with Crippen molar-refractivity contribution in [1.82, 2.24) is 10.6 Å². The van der Waals surface area contributed by atoms with E-state index in [1.165, 1.54) is 12.1 Å². The van der Waals surface area contributed by atoms with Crippen LogP contribution in [0, 0.1) is 5.82 Å². The van der Waals surface area contributed by atoms with Gasteiger partial charge in [-0.25, -0.2) is 4.39 Å². The third-order valence-corrected chi connectivity index (χ3v) is 6.04.